The standard InChI is InChI=1S/C16H25ClN2O/c1-12-11-15(20)14(13(2)16(12)17)5-4-6-19-9-7-18(3)8-10-19/h11,20H,4-10H2,1-3H3. The van der Waals surface area contributed by atoms with E-state index in [2.05, 4.69) is 16.8 Å². The Morgan fingerprint density at radius 2 is 1.85 bits per heavy atom. The summed E-state index contributed by atoms with van der Waals surface area (Å²) < 4.78 is 0. The summed E-state index contributed by atoms with van der Waals surface area (Å²) in [6.07, 6.45) is 1.96. The summed E-state index contributed by atoms with van der Waals surface area (Å²) in [4.78, 5) is 4.87. The molecule has 4 heteroatoms. The van der Waals surface area contributed by atoms with Gasteiger partial charge in [-0.1, -0.05) is 11.6 Å². The lowest BCUT2D eigenvalue weighted by Crippen LogP contribution is -2.44. The molecule has 0 radical (unpaired) electrons. The van der Waals surface area contributed by atoms with Crippen LogP contribution >= 0.6 is 11.6 Å². The van der Waals surface area contributed by atoms with Crippen LogP contribution in [0.25, 0.3) is 0 Å². The van der Waals surface area contributed by atoms with Gasteiger partial charge in [-0.3, -0.25) is 0 Å². The van der Waals surface area contributed by atoms with E-state index in [1.54, 1.807) is 6.07 Å². The Morgan fingerprint density at radius 3 is 2.50 bits per heavy atom. The first-order valence-corrected chi connectivity index (χ1v) is 7.75. The highest BCUT2D eigenvalue weighted by Gasteiger charge is 2.15. The molecule has 1 aliphatic heterocycles. The van der Waals surface area contributed by atoms with Gasteiger partial charge in [-0.15, -0.1) is 0 Å². The smallest absolute Gasteiger partial charge is 0.119 e. The van der Waals surface area contributed by atoms with Crippen LogP contribution < -0.4 is 0 Å². The molecule has 1 fully saturated rings. The third-order valence-electron chi connectivity index (χ3n) is 4.29. The number of phenolic OH excluding ortho intramolecular Hbond substituents is 1. The molecule has 0 aromatic heterocycles. The highest BCUT2D eigenvalue weighted by atomic mass is 35.5. The number of hydrogen-bond donors (Lipinski definition) is 1. The Labute approximate surface area is 127 Å². The molecule has 0 aliphatic carbocycles. The Kier molecular flexibility index (Phi) is 5.30. The van der Waals surface area contributed by atoms with Crippen molar-refractivity contribution in [2.75, 3.05) is 39.8 Å². The zero-order chi connectivity index (χ0) is 14.7. The third-order valence-corrected chi connectivity index (χ3v) is 4.87. The van der Waals surface area contributed by atoms with Crippen molar-refractivity contribution < 1.29 is 5.11 Å². The second kappa shape index (κ2) is 6.79. The number of likely N-dealkylation sites (N-methyl/N-ethyl adjacent to an activating group) is 1. The van der Waals surface area contributed by atoms with Crippen LogP contribution in [0, 0.1) is 13.8 Å². The summed E-state index contributed by atoms with van der Waals surface area (Å²) in [5, 5.41) is 10.9. The average molecular weight is 297 g/mol. The summed E-state index contributed by atoms with van der Waals surface area (Å²) in [6.45, 7) is 9.63. The van der Waals surface area contributed by atoms with Gasteiger partial charge >= 0.3 is 0 Å². The molecule has 0 bridgehead atoms. The van der Waals surface area contributed by atoms with Crippen molar-refractivity contribution in [2.45, 2.75) is 26.7 Å². The van der Waals surface area contributed by atoms with E-state index in [4.69, 9.17) is 11.6 Å². The van der Waals surface area contributed by atoms with Gasteiger partial charge in [0.15, 0.2) is 0 Å². The number of aryl methyl sites for hydroxylation is 1. The van der Waals surface area contributed by atoms with E-state index in [9.17, 15) is 5.11 Å². The Bertz CT molecular complexity index is 468. The normalized spacial score (nSPS) is 17.6. The van der Waals surface area contributed by atoms with Gasteiger partial charge in [-0.05, 0) is 63.0 Å². The van der Waals surface area contributed by atoms with E-state index in [1.807, 2.05) is 13.8 Å². The Morgan fingerprint density at radius 1 is 1.20 bits per heavy atom. The van der Waals surface area contributed by atoms with Crippen LogP contribution in [0.5, 0.6) is 5.75 Å². The predicted molar refractivity (Wildman–Crippen MR) is 84.8 cm³/mol. The molecule has 0 atom stereocenters. The number of rotatable bonds is 4. The van der Waals surface area contributed by atoms with Crippen molar-refractivity contribution in [3.63, 3.8) is 0 Å². The molecule has 1 aromatic carbocycles. The van der Waals surface area contributed by atoms with Crippen LogP contribution in [0.1, 0.15) is 23.1 Å². The van der Waals surface area contributed by atoms with Gasteiger partial charge in [0.25, 0.3) is 0 Å². The van der Waals surface area contributed by atoms with Crippen LogP contribution in [0.15, 0.2) is 6.07 Å². The van der Waals surface area contributed by atoms with E-state index in [0.29, 0.717) is 5.75 Å². The number of aromatic hydroxyl groups is 1. The number of piperazine rings is 1. The van der Waals surface area contributed by atoms with Gasteiger partial charge in [0.05, 0.1) is 0 Å². The SMILES string of the molecule is Cc1cc(O)c(CCCN2CCN(C)CC2)c(C)c1Cl. The minimum atomic E-state index is 0.391. The van der Waals surface area contributed by atoms with Crippen molar-refractivity contribution in [3.8, 4) is 5.75 Å². The highest BCUT2D eigenvalue weighted by Crippen LogP contribution is 2.31. The second-order valence-electron chi connectivity index (χ2n) is 5.88. The molecule has 1 saturated heterocycles. The molecule has 0 saturated carbocycles. The molecule has 3 nitrogen and oxygen atoms in total. The maximum atomic E-state index is 10.1. The molecule has 1 heterocycles. The lowest BCUT2D eigenvalue weighted by molar-refractivity contribution is 0.153. The molecular weight excluding hydrogens is 272 g/mol. The molecule has 2 rings (SSSR count). The summed E-state index contributed by atoms with van der Waals surface area (Å²) in [6, 6.07) is 1.78. The first-order valence-electron chi connectivity index (χ1n) is 7.37. The van der Waals surface area contributed by atoms with Crippen molar-refractivity contribution in [2.24, 2.45) is 0 Å². The zero-order valence-electron chi connectivity index (χ0n) is 12.7. The molecule has 0 unspecified atom stereocenters. The maximum absolute atomic E-state index is 10.1. The fourth-order valence-electron chi connectivity index (χ4n) is 2.84. The van der Waals surface area contributed by atoms with Crippen LogP contribution in [-0.4, -0.2) is 54.7 Å². The van der Waals surface area contributed by atoms with Crippen LogP contribution in [0.3, 0.4) is 0 Å². The van der Waals surface area contributed by atoms with Crippen LogP contribution in [0.2, 0.25) is 5.02 Å². The average Bonchev–Trinajstić information content (AvgIpc) is 2.42. The minimum Gasteiger partial charge on any atom is -0.508 e. The number of phenols is 1. The largest absolute Gasteiger partial charge is 0.508 e. The number of halogens is 1. The number of nitrogens with zero attached hydrogens (tertiary/aromatic N) is 2. The second-order valence-corrected chi connectivity index (χ2v) is 6.26. The quantitative estimate of drug-likeness (QED) is 0.925. The lowest BCUT2D eigenvalue weighted by Gasteiger charge is -2.32. The maximum Gasteiger partial charge on any atom is 0.119 e. The van der Waals surface area contributed by atoms with Crippen LogP contribution in [-0.2, 0) is 6.42 Å². The summed E-state index contributed by atoms with van der Waals surface area (Å²) in [5.41, 5.74) is 2.99. The zero-order valence-corrected chi connectivity index (χ0v) is 13.5. The molecule has 1 aliphatic rings. The lowest BCUT2D eigenvalue weighted by atomic mass is 10.00. The molecule has 112 valence electrons. The fraction of sp³-hybridized carbons (Fsp3) is 0.625. The first kappa shape index (κ1) is 15.6. The molecular formula is C16H25ClN2O. The Hall–Kier alpha value is -0.770. The van der Waals surface area contributed by atoms with Gasteiger partial charge in [0.2, 0.25) is 0 Å². The van der Waals surface area contributed by atoms with Gasteiger partial charge in [-0.25, -0.2) is 0 Å². The van der Waals surface area contributed by atoms with E-state index in [-0.39, 0.29) is 0 Å². The topological polar surface area (TPSA) is 26.7 Å². The van der Waals surface area contributed by atoms with Crippen molar-refractivity contribution in [1.29, 1.82) is 0 Å². The van der Waals surface area contributed by atoms with Gasteiger partial charge in [0.1, 0.15) is 5.75 Å². The monoisotopic (exact) mass is 296 g/mol. The molecule has 0 spiro atoms. The van der Waals surface area contributed by atoms with Crippen LogP contribution in [0.4, 0.5) is 0 Å². The van der Waals surface area contributed by atoms with Gasteiger partial charge in [-0.2, -0.15) is 0 Å². The first-order chi connectivity index (χ1) is 9.49. The molecule has 1 aromatic rings. The van der Waals surface area contributed by atoms with E-state index in [0.717, 1.165) is 67.3 Å². The van der Waals surface area contributed by atoms with Crippen molar-refractivity contribution >= 4 is 11.6 Å². The number of benzene rings is 1. The van der Waals surface area contributed by atoms with Crippen molar-refractivity contribution in [1.82, 2.24) is 9.80 Å². The van der Waals surface area contributed by atoms with Gasteiger partial charge < -0.3 is 14.9 Å². The predicted octanol–water partition coefficient (Wildman–Crippen LogP) is 2.84. The summed E-state index contributed by atoms with van der Waals surface area (Å²) in [7, 11) is 2.17. The highest BCUT2D eigenvalue weighted by molar-refractivity contribution is 6.32. The minimum absolute atomic E-state index is 0.391. The molecule has 0 amide bonds. The fourth-order valence-corrected chi connectivity index (χ4v) is 3.01. The summed E-state index contributed by atoms with van der Waals surface area (Å²) >= 11 is 6.27. The Balaban J connectivity index is 1.90. The van der Waals surface area contributed by atoms with Crippen molar-refractivity contribution in [3.05, 3.63) is 27.8 Å². The van der Waals surface area contributed by atoms with E-state index < -0.39 is 0 Å². The molecule has 20 heavy (non-hydrogen) atoms. The third kappa shape index (κ3) is 3.66. The van der Waals surface area contributed by atoms with Gasteiger partial charge in [0, 0.05) is 31.2 Å². The summed E-state index contributed by atoms with van der Waals surface area (Å²) in [5.74, 6) is 0.391. The van der Waals surface area contributed by atoms with E-state index in [1.165, 1.54) is 0 Å². The van der Waals surface area contributed by atoms with E-state index >= 15 is 0 Å². The molecule has 1 N–H and O–H groups in total. The number of hydrogen-bond acceptors (Lipinski definition) is 3.